The van der Waals surface area contributed by atoms with Crippen molar-refractivity contribution in [1.82, 2.24) is 9.97 Å². The van der Waals surface area contributed by atoms with Gasteiger partial charge in [-0.2, -0.15) is 5.53 Å². The molecule has 0 saturated carbocycles. The molecule has 0 unspecified atom stereocenters. The lowest BCUT2D eigenvalue weighted by atomic mass is 10.2. The number of H-pyrrole nitrogens is 2. The van der Waals surface area contributed by atoms with Gasteiger partial charge in [-0.05, 0) is 24.3 Å². The van der Waals surface area contributed by atoms with Gasteiger partial charge in [-0.25, -0.2) is 9.80 Å². The highest BCUT2D eigenvalue weighted by Gasteiger charge is 2.17. The lowest BCUT2D eigenvalue weighted by Crippen LogP contribution is -2.30. The average Bonchev–Trinajstić information content (AvgIpc) is 2.49. The topological polar surface area (TPSA) is 178 Å². The summed E-state index contributed by atoms with van der Waals surface area (Å²) in [5.41, 5.74) is 5.00. The number of anilines is 2. The monoisotopic (exact) mass is 317 g/mol. The molecule has 2 aromatic rings. The Bertz CT molecular complexity index is 860. The third-order valence-electron chi connectivity index (χ3n) is 2.77. The second kappa shape index (κ2) is 6.34. The summed E-state index contributed by atoms with van der Waals surface area (Å²) in [6, 6.07) is 5.86. The van der Waals surface area contributed by atoms with Crippen LogP contribution < -0.4 is 21.6 Å². The average molecular weight is 317 g/mol. The summed E-state index contributed by atoms with van der Waals surface area (Å²) < 4.78 is 0. The van der Waals surface area contributed by atoms with E-state index in [-0.39, 0.29) is 0 Å². The van der Waals surface area contributed by atoms with Crippen molar-refractivity contribution in [2.75, 3.05) is 10.3 Å². The molecule has 2 rings (SSSR count). The van der Waals surface area contributed by atoms with E-state index >= 15 is 0 Å². The van der Waals surface area contributed by atoms with Crippen molar-refractivity contribution in [2.45, 2.75) is 0 Å². The van der Waals surface area contributed by atoms with Gasteiger partial charge in [-0.3, -0.25) is 25.0 Å². The largest absolute Gasteiger partial charge is 0.494 e. The summed E-state index contributed by atoms with van der Waals surface area (Å²) in [6.07, 6.45) is 0.832. The van der Waals surface area contributed by atoms with E-state index in [0.717, 1.165) is 11.3 Å². The maximum absolute atomic E-state index is 12.0. The van der Waals surface area contributed by atoms with Crippen molar-refractivity contribution in [2.24, 2.45) is 5.22 Å². The first-order valence-electron chi connectivity index (χ1n) is 6.10. The zero-order valence-electron chi connectivity index (χ0n) is 11.5. The second-order valence-corrected chi connectivity index (χ2v) is 4.21. The van der Waals surface area contributed by atoms with Gasteiger partial charge >= 0.3 is 5.69 Å². The molecule has 0 aliphatic carbocycles. The first kappa shape index (κ1) is 15.6. The van der Waals surface area contributed by atoms with Crippen molar-refractivity contribution in [3.63, 3.8) is 0 Å². The predicted octanol–water partition coefficient (Wildman–Crippen LogP) is 0.381. The zero-order chi connectivity index (χ0) is 17.0. The number of aromatic hydroxyl groups is 1. The molecule has 23 heavy (non-hydrogen) atoms. The third kappa shape index (κ3) is 3.29. The molecule has 11 nitrogen and oxygen atoms in total. The van der Waals surface area contributed by atoms with E-state index in [4.69, 9.17) is 10.9 Å². The van der Waals surface area contributed by atoms with E-state index in [9.17, 15) is 19.5 Å². The molecule has 0 aliphatic rings. The Morgan fingerprint density at radius 2 is 1.91 bits per heavy atom. The third-order valence-corrected chi connectivity index (χ3v) is 2.77. The molecule has 11 heteroatoms. The lowest BCUT2D eigenvalue weighted by molar-refractivity contribution is 0.102. The SMILES string of the molecule is N=CN(N=N)c1ccc(NC(=O)c2c(O)[nH]c(=O)[nH]c2=O)cc1. The van der Waals surface area contributed by atoms with Gasteiger partial charge in [0.05, 0.1) is 5.69 Å². The molecule has 0 saturated heterocycles. The minimum Gasteiger partial charge on any atom is -0.494 e. The predicted molar refractivity (Wildman–Crippen MR) is 80.2 cm³/mol. The highest BCUT2D eigenvalue weighted by atomic mass is 16.3. The maximum atomic E-state index is 12.0. The molecule has 0 spiro atoms. The van der Waals surface area contributed by atoms with Crippen LogP contribution in [-0.4, -0.2) is 27.3 Å². The summed E-state index contributed by atoms with van der Waals surface area (Å²) in [4.78, 5) is 38.2. The summed E-state index contributed by atoms with van der Waals surface area (Å²) >= 11 is 0. The Morgan fingerprint density at radius 1 is 1.26 bits per heavy atom. The second-order valence-electron chi connectivity index (χ2n) is 4.21. The fourth-order valence-electron chi connectivity index (χ4n) is 1.74. The van der Waals surface area contributed by atoms with Gasteiger partial charge in [-0.1, -0.05) is 5.22 Å². The fourth-order valence-corrected chi connectivity index (χ4v) is 1.74. The van der Waals surface area contributed by atoms with E-state index in [0.29, 0.717) is 11.4 Å². The van der Waals surface area contributed by atoms with Gasteiger partial charge in [0.2, 0.25) is 5.88 Å². The Labute approximate surface area is 127 Å². The van der Waals surface area contributed by atoms with Crippen LogP contribution in [0.15, 0.2) is 39.1 Å². The van der Waals surface area contributed by atoms with Crippen LogP contribution in [0.5, 0.6) is 5.88 Å². The number of nitrogens with one attached hydrogen (secondary N) is 5. The van der Waals surface area contributed by atoms with Crippen LogP contribution >= 0.6 is 0 Å². The Hall–Kier alpha value is -3.76. The van der Waals surface area contributed by atoms with Gasteiger partial charge in [0.15, 0.2) is 5.56 Å². The molecule has 6 N–H and O–H groups in total. The Morgan fingerprint density at radius 3 is 2.43 bits per heavy atom. The standard InChI is InChI=1S/C12H11N7O4/c13-5-19(18-14)7-3-1-6(2-4-7)15-9(20)8-10(21)16-12(23)17-11(8)22/h1-5,13-14H,(H,15,20)(H3,16,17,21,22,23). The summed E-state index contributed by atoms with van der Waals surface area (Å²) in [5, 5.41) is 23.0. The number of nitrogens with zero attached hydrogens (tertiary/aromatic N) is 2. The van der Waals surface area contributed by atoms with Crippen LogP contribution in [0.1, 0.15) is 10.4 Å². The molecule has 0 radical (unpaired) electrons. The quantitative estimate of drug-likeness (QED) is 0.201. The molecule has 1 heterocycles. The number of benzene rings is 1. The number of rotatable bonds is 5. The number of hydrogen-bond donors (Lipinski definition) is 6. The van der Waals surface area contributed by atoms with E-state index in [2.05, 4.69) is 10.5 Å². The molecule has 0 bridgehead atoms. The van der Waals surface area contributed by atoms with E-state index in [1.165, 1.54) is 24.3 Å². The number of carbonyl (C=O) groups is 1. The van der Waals surface area contributed by atoms with Crippen LogP contribution in [-0.2, 0) is 0 Å². The van der Waals surface area contributed by atoms with Crippen LogP contribution in [0.3, 0.4) is 0 Å². The van der Waals surface area contributed by atoms with Crippen molar-refractivity contribution in [3.8, 4) is 5.88 Å². The first-order chi connectivity index (χ1) is 11.0. The molecular formula is C12H11N7O4. The van der Waals surface area contributed by atoms with E-state index < -0.39 is 28.6 Å². The van der Waals surface area contributed by atoms with Crippen LogP contribution in [0.4, 0.5) is 11.4 Å². The van der Waals surface area contributed by atoms with Crippen LogP contribution in [0.25, 0.3) is 0 Å². The Kier molecular flexibility index (Phi) is 4.31. The molecular weight excluding hydrogens is 306 g/mol. The molecule has 0 atom stereocenters. The molecule has 118 valence electrons. The maximum Gasteiger partial charge on any atom is 0.328 e. The number of carbonyl (C=O) groups excluding carboxylic acids is 1. The summed E-state index contributed by atoms with van der Waals surface area (Å²) in [5.74, 6) is -1.75. The van der Waals surface area contributed by atoms with Crippen molar-refractivity contribution < 1.29 is 9.90 Å². The molecule has 1 amide bonds. The van der Waals surface area contributed by atoms with Crippen molar-refractivity contribution in [3.05, 3.63) is 50.7 Å². The van der Waals surface area contributed by atoms with Crippen LogP contribution in [0.2, 0.25) is 0 Å². The minimum atomic E-state index is -1.02. The number of aromatic nitrogens is 2. The lowest BCUT2D eigenvalue weighted by Gasteiger charge is -2.11. The normalized spacial score (nSPS) is 9.91. The number of aromatic amines is 2. The number of hydrogen-bond acceptors (Lipinski definition) is 7. The molecule has 1 aromatic carbocycles. The van der Waals surface area contributed by atoms with Crippen LogP contribution in [0, 0.1) is 10.9 Å². The van der Waals surface area contributed by atoms with Gasteiger partial charge < -0.3 is 10.4 Å². The van der Waals surface area contributed by atoms with Gasteiger partial charge in [0, 0.05) is 5.69 Å². The smallest absolute Gasteiger partial charge is 0.328 e. The summed E-state index contributed by atoms with van der Waals surface area (Å²) in [7, 11) is 0. The van der Waals surface area contributed by atoms with Crippen molar-refractivity contribution in [1.29, 1.82) is 10.9 Å². The minimum absolute atomic E-state index is 0.290. The highest BCUT2D eigenvalue weighted by molar-refractivity contribution is 6.05. The van der Waals surface area contributed by atoms with E-state index in [1.54, 1.807) is 0 Å². The fraction of sp³-hybridized carbons (Fsp3) is 0. The summed E-state index contributed by atoms with van der Waals surface area (Å²) in [6.45, 7) is 0. The Balaban J connectivity index is 2.24. The first-order valence-corrected chi connectivity index (χ1v) is 6.10. The van der Waals surface area contributed by atoms with Gasteiger partial charge in [-0.15, -0.1) is 0 Å². The van der Waals surface area contributed by atoms with E-state index in [1.807, 2.05) is 9.97 Å². The van der Waals surface area contributed by atoms with Gasteiger partial charge in [0.25, 0.3) is 11.5 Å². The van der Waals surface area contributed by atoms with Crippen molar-refractivity contribution >= 4 is 23.6 Å². The molecule has 1 aromatic heterocycles. The zero-order valence-corrected chi connectivity index (χ0v) is 11.5. The number of amides is 1. The van der Waals surface area contributed by atoms with Gasteiger partial charge in [0.1, 0.15) is 6.34 Å². The molecule has 0 fully saturated rings. The highest BCUT2D eigenvalue weighted by Crippen LogP contribution is 2.18. The molecule has 0 aliphatic heterocycles.